The number of imidazole rings is 1. The number of anilines is 1. The molecule has 3 aromatic carbocycles. The van der Waals surface area contributed by atoms with Gasteiger partial charge in [-0.15, -0.1) is 0 Å². The number of carbonyl (C=O) groups is 2. The molecule has 0 bridgehead atoms. The van der Waals surface area contributed by atoms with Gasteiger partial charge < -0.3 is 19.4 Å². The number of para-hydroxylation sites is 3. The van der Waals surface area contributed by atoms with E-state index in [2.05, 4.69) is 10.3 Å². The first-order valence-electron chi connectivity index (χ1n) is 10.1. The molecule has 1 amide bonds. The van der Waals surface area contributed by atoms with E-state index in [9.17, 15) is 18.4 Å². The van der Waals surface area contributed by atoms with Crippen molar-refractivity contribution in [2.75, 3.05) is 12.4 Å². The maximum atomic E-state index is 12.9. The van der Waals surface area contributed by atoms with Crippen molar-refractivity contribution in [1.82, 2.24) is 9.55 Å². The van der Waals surface area contributed by atoms with Crippen molar-refractivity contribution in [1.29, 1.82) is 0 Å². The van der Waals surface area contributed by atoms with Crippen molar-refractivity contribution in [3.63, 3.8) is 0 Å². The summed E-state index contributed by atoms with van der Waals surface area (Å²) >= 11 is 0.269. The molecular formula is C24H19F2N3O4S. The summed E-state index contributed by atoms with van der Waals surface area (Å²) in [7, 11) is 1.48. The van der Waals surface area contributed by atoms with Crippen LogP contribution in [-0.4, -0.2) is 34.3 Å². The number of nitrogens with zero attached hydrogens (tertiary/aromatic N) is 2. The molecule has 1 aromatic heterocycles. The van der Waals surface area contributed by atoms with Gasteiger partial charge in [0.2, 0.25) is 0 Å². The molecule has 7 nitrogen and oxygen atoms in total. The van der Waals surface area contributed by atoms with Crippen LogP contribution < -0.4 is 14.8 Å². The summed E-state index contributed by atoms with van der Waals surface area (Å²) < 4.78 is 37.9. The number of esters is 1. The van der Waals surface area contributed by atoms with Crippen LogP contribution in [0.25, 0.3) is 11.0 Å². The van der Waals surface area contributed by atoms with Crippen molar-refractivity contribution in [3.05, 3.63) is 78.4 Å². The number of ether oxygens (including phenoxy) is 2. The SMILES string of the molecule is COc1ccccc1C(=O)Nc1ccc(OC(=O)Cn2c(SC(F)F)nc3ccccc32)cc1. The largest absolute Gasteiger partial charge is 0.496 e. The molecule has 0 aliphatic rings. The summed E-state index contributed by atoms with van der Waals surface area (Å²) in [5, 5.41) is 2.78. The lowest BCUT2D eigenvalue weighted by Crippen LogP contribution is -2.17. The topological polar surface area (TPSA) is 82.5 Å². The van der Waals surface area contributed by atoms with E-state index in [4.69, 9.17) is 9.47 Å². The molecule has 1 N–H and O–H groups in total. The molecule has 10 heteroatoms. The number of halogens is 2. The molecule has 4 rings (SSSR count). The second-order valence-electron chi connectivity index (χ2n) is 7.00. The van der Waals surface area contributed by atoms with E-state index in [1.807, 2.05) is 0 Å². The van der Waals surface area contributed by atoms with Gasteiger partial charge in [0.15, 0.2) is 5.16 Å². The van der Waals surface area contributed by atoms with Crippen LogP contribution in [0.15, 0.2) is 78.0 Å². The van der Waals surface area contributed by atoms with Crippen LogP contribution in [0, 0.1) is 0 Å². The number of fused-ring (bicyclic) bond motifs is 1. The zero-order chi connectivity index (χ0) is 24.1. The molecule has 34 heavy (non-hydrogen) atoms. The first-order chi connectivity index (χ1) is 16.4. The third-order valence-electron chi connectivity index (χ3n) is 4.80. The van der Waals surface area contributed by atoms with Gasteiger partial charge in [-0.3, -0.25) is 4.79 Å². The number of carbonyl (C=O) groups excluding carboxylic acids is 2. The molecule has 1 heterocycles. The Morgan fingerprint density at radius 1 is 1.03 bits per heavy atom. The maximum Gasteiger partial charge on any atom is 0.331 e. The van der Waals surface area contributed by atoms with Gasteiger partial charge in [-0.1, -0.05) is 24.3 Å². The lowest BCUT2D eigenvalue weighted by Gasteiger charge is -2.11. The molecule has 0 spiro atoms. The molecule has 0 saturated carbocycles. The lowest BCUT2D eigenvalue weighted by molar-refractivity contribution is -0.135. The van der Waals surface area contributed by atoms with Crippen LogP contribution in [0.4, 0.5) is 14.5 Å². The summed E-state index contributed by atoms with van der Waals surface area (Å²) in [5.74, 6) is -2.98. The van der Waals surface area contributed by atoms with Crippen LogP contribution in [0.2, 0.25) is 0 Å². The average Bonchev–Trinajstić information content (AvgIpc) is 3.16. The van der Waals surface area contributed by atoms with Crippen LogP contribution >= 0.6 is 11.8 Å². The molecule has 0 aliphatic carbocycles. The van der Waals surface area contributed by atoms with E-state index >= 15 is 0 Å². The molecule has 4 aromatic rings. The second-order valence-corrected chi connectivity index (χ2v) is 7.96. The highest BCUT2D eigenvalue weighted by molar-refractivity contribution is 7.99. The molecule has 0 radical (unpaired) electrons. The molecule has 0 atom stereocenters. The normalized spacial score (nSPS) is 10.9. The third-order valence-corrected chi connectivity index (χ3v) is 5.50. The van der Waals surface area contributed by atoms with E-state index in [-0.39, 0.29) is 35.1 Å². The zero-order valence-corrected chi connectivity index (χ0v) is 18.7. The number of nitrogens with one attached hydrogen (secondary N) is 1. The number of rotatable bonds is 8. The summed E-state index contributed by atoms with van der Waals surface area (Å²) in [4.78, 5) is 29.2. The van der Waals surface area contributed by atoms with Gasteiger partial charge in [-0.2, -0.15) is 8.78 Å². The molecule has 0 unspecified atom stereocenters. The van der Waals surface area contributed by atoms with Crippen LogP contribution in [-0.2, 0) is 11.3 Å². The Bertz CT molecular complexity index is 1330. The first-order valence-corrected chi connectivity index (χ1v) is 11.0. The van der Waals surface area contributed by atoms with Gasteiger partial charge in [0.1, 0.15) is 18.0 Å². The number of amides is 1. The molecule has 0 fully saturated rings. The van der Waals surface area contributed by atoms with Crippen LogP contribution in [0.3, 0.4) is 0 Å². The van der Waals surface area contributed by atoms with E-state index in [1.54, 1.807) is 60.7 Å². The molecule has 174 valence electrons. The lowest BCUT2D eigenvalue weighted by atomic mass is 10.2. The van der Waals surface area contributed by atoms with Crippen molar-refractivity contribution in [2.24, 2.45) is 0 Å². The van der Waals surface area contributed by atoms with Gasteiger partial charge in [-0.25, -0.2) is 9.78 Å². The zero-order valence-electron chi connectivity index (χ0n) is 17.9. The Morgan fingerprint density at radius 3 is 2.47 bits per heavy atom. The number of alkyl halides is 2. The Labute approximate surface area is 197 Å². The van der Waals surface area contributed by atoms with Crippen LogP contribution in [0.5, 0.6) is 11.5 Å². The Kier molecular flexibility index (Phi) is 7.07. The Morgan fingerprint density at radius 2 is 1.74 bits per heavy atom. The number of benzene rings is 3. The summed E-state index contributed by atoms with van der Waals surface area (Å²) in [6.45, 7) is -0.290. The Balaban J connectivity index is 1.43. The number of hydrogen-bond donors (Lipinski definition) is 1. The highest BCUT2D eigenvalue weighted by Gasteiger charge is 2.19. The van der Waals surface area contributed by atoms with E-state index in [1.165, 1.54) is 23.8 Å². The van der Waals surface area contributed by atoms with Crippen molar-refractivity contribution >= 4 is 40.4 Å². The van der Waals surface area contributed by atoms with Gasteiger partial charge in [0.25, 0.3) is 11.7 Å². The number of methoxy groups -OCH3 is 1. The van der Waals surface area contributed by atoms with E-state index in [0.29, 0.717) is 28.0 Å². The van der Waals surface area contributed by atoms with Crippen molar-refractivity contribution < 1.29 is 27.8 Å². The fourth-order valence-corrected chi connectivity index (χ4v) is 3.91. The number of aromatic nitrogens is 2. The van der Waals surface area contributed by atoms with E-state index < -0.39 is 11.7 Å². The molecular weight excluding hydrogens is 464 g/mol. The van der Waals surface area contributed by atoms with Crippen molar-refractivity contribution in [3.8, 4) is 11.5 Å². The van der Waals surface area contributed by atoms with E-state index in [0.717, 1.165) is 0 Å². The highest BCUT2D eigenvalue weighted by Crippen LogP contribution is 2.29. The Hall–Kier alpha value is -3.92. The van der Waals surface area contributed by atoms with Gasteiger partial charge in [0, 0.05) is 5.69 Å². The number of hydrogen-bond acceptors (Lipinski definition) is 6. The first kappa shape index (κ1) is 23.2. The van der Waals surface area contributed by atoms with Crippen molar-refractivity contribution in [2.45, 2.75) is 17.5 Å². The summed E-state index contributed by atoms with van der Waals surface area (Å²) in [5.41, 5.74) is 1.93. The highest BCUT2D eigenvalue weighted by atomic mass is 32.2. The minimum absolute atomic E-state index is 0.0301. The average molecular weight is 483 g/mol. The predicted octanol–water partition coefficient (Wildman–Crippen LogP) is 5.22. The third kappa shape index (κ3) is 5.34. The number of thioether (sulfide) groups is 1. The molecule has 0 aliphatic heterocycles. The quantitative estimate of drug-likeness (QED) is 0.210. The fourth-order valence-electron chi connectivity index (χ4n) is 3.31. The van der Waals surface area contributed by atoms with Gasteiger partial charge in [-0.05, 0) is 60.3 Å². The smallest absolute Gasteiger partial charge is 0.331 e. The maximum absolute atomic E-state index is 12.9. The van der Waals surface area contributed by atoms with Gasteiger partial charge >= 0.3 is 5.97 Å². The minimum Gasteiger partial charge on any atom is -0.496 e. The van der Waals surface area contributed by atoms with Gasteiger partial charge in [0.05, 0.1) is 23.7 Å². The summed E-state index contributed by atoms with van der Waals surface area (Å²) in [6.07, 6.45) is 0. The second kappa shape index (κ2) is 10.3. The minimum atomic E-state index is -2.68. The predicted molar refractivity (Wildman–Crippen MR) is 125 cm³/mol. The summed E-state index contributed by atoms with van der Waals surface area (Å²) in [6, 6.07) is 19.9. The molecule has 0 saturated heterocycles. The fraction of sp³-hybridized carbons (Fsp3) is 0.125. The monoisotopic (exact) mass is 483 g/mol. The standard InChI is InChI=1S/C24H19F2N3O4S/c1-32-20-9-5-2-6-17(20)22(31)27-15-10-12-16(13-11-15)33-21(30)14-29-19-8-4-3-7-18(19)28-24(29)34-23(25)26/h2-13,23H,14H2,1H3,(H,27,31). The van der Waals surface area contributed by atoms with Crippen LogP contribution in [0.1, 0.15) is 10.4 Å².